The summed E-state index contributed by atoms with van der Waals surface area (Å²) in [5.74, 6) is 0.321. The fourth-order valence-electron chi connectivity index (χ4n) is 2.10. The summed E-state index contributed by atoms with van der Waals surface area (Å²) in [5, 5.41) is 3.14. The smallest absolute Gasteiger partial charge is 0.365 e. The van der Waals surface area contributed by atoms with Crippen molar-refractivity contribution in [3.63, 3.8) is 0 Å². The Hall–Kier alpha value is -1.26. The van der Waals surface area contributed by atoms with Crippen molar-refractivity contribution in [2.75, 3.05) is 5.32 Å². The Morgan fingerprint density at radius 2 is 2.06 bits per heavy atom. The second-order valence-electron chi connectivity index (χ2n) is 4.52. The van der Waals surface area contributed by atoms with E-state index >= 15 is 0 Å². The molecule has 0 radical (unpaired) electrons. The van der Waals surface area contributed by atoms with E-state index in [9.17, 15) is 13.2 Å². The molecule has 5 heteroatoms. The molecule has 1 aromatic heterocycles. The molecular weight excluding hydrogens is 229 g/mol. The number of aromatic nitrogens is 1. The molecule has 1 fully saturated rings. The van der Waals surface area contributed by atoms with Gasteiger partial charge in [-0.15, -0.1) is 0 Å². The lowest BCUT2D eigenvalue weighted by Crippen LogP contribution is -2.44. The molecule has 1 N–H and O–H groups in total. The van der Waals surface area contributed by atoms with Gasteiger partial charge in [0.05, 0.1) is 0 Å². The van der Waals surface area contributed by atoms with Crippen molar-refractivity contribution in [2.24, 2.45) is 0 Å². The molecule has 1 aliphatic rings. The van der Waals surface area contributed by atoms with Crippen molar-refractivity contribution >= 4 is 5.82 Å². The highest BCUT2D eigenvalue weighted by Crippen LogP contribution is 2.38. The van der Waals surface area contributed by atoms with Crippen LogP contribution in [0, 0.1) is 0 Å². The fourth-order valence-corrected chi connectivity index (χ4v) is 2.10. The Morgan fingerprint density at radius 1 is 1.35 bits per heavy atom. The van der Waals surface area contributed by atoms with Gasteiger partial charge in [0.15, 0.2) is 0 Å². The molecule has 0 aromatic carbocycles. The van der Waals surface area contributed by atoms with Crippen molar-refractivity contribution in [3.05, 3.63) is 23.9 Å². The summed E-state index contributed by atoms with van der Waals surface area (Å²) >= 11 is 0. The first-order valence-corrected chi connectivity index (χ1v) is 5.78. The average Bonchev–Trinajstić information content (AvgIpc) is 2.23. The number of rotatable bonds is 3. The minimum Gasteiger partial charge on any atom is -0.365 e. The van der Waals surface area contributed by atoms with Crippen LogP contribution in [0.2, 0.25) is 0 Å². The van der Waals surface area contributed by atoms with E-state index in [2.05, 4.69) is 10.3 Å². The molecule has 1 heterocycles. The lowest BCUT2D eigenvalue weighted by atomic mass is 9.75. The van der Waals surface area contributed by atoms with Crippen molar-refractivity contribution in [1.82, 2.24) is 4.98 Å². The monoisotopic (exact) mass is 244 g/mol. The molecule has 94 valence electrons. The number of pyridine rings is 1. The Morgan fingerprint density at radius 3 is 2.53 bits per heavy atom. The molecule has 2 nitrogen and oxygen atoms in total. The van der Waals surface area contributed by atoms with E-state index in [1.165, 1.54) is 6.07 Å². The predicted octanol–water partition coefficient (Wildman–Crippen LogP) is 3.85. The van der Waals surface area contributed by atoms with Crippen LogP contribution in [0.25, 0.3) is 0 Å². The van der Waals surface area contributed by atoms with Gasteiger partial charge in [0.1, 0.15) is 11.5 Å². The molecule has 0 saturated heterocycles. The van der Waals surface area contributed by atoms with Crippen molar-refractivity contribution in [2.45, 2.75) is 44.3 Å². The normalized spacial score (nSPS) is 18.6. The van der Waals surface area contributed by atoms with E-state index in [0.29, 0.717) is 5.82 Å². The van der Waals surface area contributed by atoms with Gasteiger partial charge in [-0.1, -0.05) is 13.0 Å². The number of hydrogen-bond donors (Lipinski definition) is 1. The van der Waals surface area contributed by atoms with Crippen LogP contribution in [-0.4, -0.2) is 10.5 Å². The standard InChI is InChI=1S/C12H15F3N2/c1-2-11(7-4-8-11)17-10-6-3-5-9(16-10)12(13,14)15/h3,5-6H,2,4,7-8H2,1H3,(H,16,17). The first-order chi connectivity index (χ1) is 7.95. The molecule has 0 aliphatic heterocycles. The largest absolute Gasteiger partial charge is 0.433 e. The lowest BCUT2D eigenvalue weighted by molar-refractivity contribution is -0.141. The number of alkyl halides is 3. The first-order valence-electron chi connectivity index (χ1n) is 5.78. The Labute approximate surface area is 98.2 Å². The van der Waals surface area contributed by atoms with Gasteiger partial charge < -0.3 is 5.32 Å². The molecule has 0 bridgehead atoms. The zero-order chi connectivity index (χ0) is 12.5. The lowest BCUT2D eigenvalue weighted by Gasteiger charge is -2.42. The number of anilines is 1. The van der Waals surface area contributed by atoms with Crippen molar-refractivity contribution in [3.8, 4) is 0 Å². The average molecular weight is 244 g/mol. The minimum atomic E-state index is -4.38. The maximum absolute atomic E-state index is 12.5. The van der Waals surface area contributed by atoms with Crippen LogP contribution in [0.1, 0.15) is 38.3 Å². The molecule has 1 aliphatic carbocycles. The molecule has 1 aromatic rings. The van der Waals surface area contributed by atoms with E-state index in [-0.39, 0.29) is 5.54 Å². The van der Waals surface area contributed by atoms with Gasteiger partial charge in [0.25, 0.3) is 0 Å². The summed E-state index contributed by atoms with van der Waals surface area (Å²) in [5.41, 5.74) is -0.884. The Balaban J connectivity index is 2.17. The van der Waals surface area contributed by atoms with Crippen LogP contribution in [-0.2, 0) is 6.18 Å². The van der Waals surface area contributed by atoms with Gasteiger partial charge in [0, 0.05) is 5.54 Å². The summed E-state index contributed by atoms with van der Waals surface area (Å²) in [6.07, 6.45) is -0.343. The van der Waals surface area contributed by atoms with Crippen LogP contribution in [0.5, 0.6) is 0 Å². The number of hydrogen-bond acceptors (Lipinski definition) is 2. The highest BCUT2D eigenvalue weighted by molar-refractivity contribution is 5.40. The molecule has 0 unspecified atom stereocenters. The van der Waals surface area contributed by atoms with E-state index < -0.39 is 11.9 Å². The van der Waals surface area contributed by atoms with Crippen LogP contribution in [0.4, 0.5) is 19.0 Å². The van der Waals surface area contributed by atoms with Gasteiger partial charge in [-0.25, -0.2) is 4.98 Å². The topological polar surface area (TPSA) is 24.9 Å². The van der Waals surface area contributed by atoms with E-state index in [1.807, 2.05) is 6.92 Å². The van der Waals surface area contributed by atoms with Crippen LogP contribution < -0.4 is 5.32 Å². The zero-order valence-electron chi connectivity index (χ0n) is 9.64. The predicted molar refractivity (Wildman–Crippen MR) is 59.7 cm³/mol. The van der Waals surface area contributed by atoms with Gasteiger partial charge in [-0.3, -0.25) is 0 Å². The molecular formula is C12H15F3N2. The Kier molecular flexibility index (Phi) is 3.02. The maximum atomic E-state index is 12.5. The Bertz CT molecular complexity index is 391. The van der Waals surface area contributed by atoms with Crippen molar-refractivity contribution in [1.29, 1.82) is 0 Å². The second kappa shape index (κ2) is 4.20. The molecule has 0 amide bonds. The number of halogens is 3. The third-order valence-corrected chi connectivity index (χ3v) is 3.42. The molecule has 17 heavy (non-hydrogen) atoms. The highest BCUT2D eigenvalue weighted by Gasteiger charge is 2.36. The van der Waals surface area contributed by atoms with Gasteiger partial charge in [-0.05, 0) is 37.8 Å². The molecule has 0 spiro atoms. The quantitative estimate of drug-likeness (QED) is 0.873. The third kappa shape index (κ3) is 2.53. The van der Waals surface area contributed by atoms with Crippen LogP contribution in [0.3, 0.4) is 0 Å². The maximum Gasteiger partial charge on any atom is 0.433 e. The van der Waals surface area contributed by atoms with Crippen LogP contribution >= 0.6 is 0 Å². The van der Waals surface area contributed by atoms with Gasteiger partial charge in [-0.2, -0.15) is 13.2 Å². The SMILES string of the molecule is CCC1(Nc2cccc(C(F)(F)F)n2)CCC1. The van der Waals surface area contributed by atoms with Crippen molar-refractivity contribution < 1.29 is 13.2 Å². The molecule has 1 saturated carbocycles. The zero-order valence-corrected chi connectivity index (χ0v) is 9.64. The fraction of sp³-hybridized carbons (Fsp3) is 0.583. The minimum absolute atomic E-state index is 0.0444. The third-order valence-electron chi connectivity index (χ3n) is 3.42. The van der Waals surface area contributed by atoms with E-state index in [4.69, 9.17) is 0 Å². The van der Waals surface area contributed by atoms with Gasteiger partial charge >= 0.3 is 6.18 Å². The summed E-state index contributed by atoms with van der Waals surface area (Å²) in [6, 6.07) is 3.97. The number of nitrogens with zero attached hydrogens (tertiary/aromatic N) is 1. The highest BCUT2D eigenvalue weighted by atomic mass is 19.4. The first kappa shape index (κ1) is 12.2. The summed E-state index contributed by atoms with van der Waals surface area (Å²) in [6.45, 7) is 2.04. The summed E-state index contributed by atoms with van der Waals surface area (Å²) < 4.78 is 37.5. The molecule has 2 rings (SSSR count). The van der Waals surface area contributed by atoms with E-state index in [0.717, 1.165) is 31.7 Å². The molecule has 0 atom stereocenters. The number of nitrogens with one attached hydrogen (secondary N) is 1. The van der Waals surface area contributed by atoms with Crippen LogP contribution in [0.15, 0.2) is 18.2 Å². The van der Waals surface area contributed by atoms with Gasteiger partial charge in [0.2, 0.25) is 0 Å². The summed E-state index contributed by atoms with van der Waals surface area (Å²) in [4.78, 5) is 3.62. The summed E-state index contributed by atoms with van der Waals surface area (Å²) in [7, 11) is 0. The van der Waals surface area contributed by atoms with E-state index in [1.54, 1.807) is 6.07 Å². The second-order valence-corrected chi connectivity index (χ2v) is 4.52.